The summed E-state index contributed by atoms with van der Waals surface area (Å²) in [7, 11) is 0. The van der Waals surface area contributed by atoms with E-state index in [1.165, 1.54) is 12.1 Å². The third kappa shape index (κ3) is 3.62. The highest BCUT2D eigenvalue weighted by atomic mass is 19.1. The lowest BCUT2D eigenvalue weighted by Gasteiger charge is -2.59. The molecule has 4 saturated carbocycles. The van der Waals surface area contributed by atoms with Crippen molar-refractivity contribution in [2.75, 3.05) is 19.7 Å². The number of primary amides is 1. The Morgan fingerprint density at radius 3 is 2.53 bits per heavy atom. The Bertz CT molecular complexity index is 813. The molecule has 0 spiro atoms. The van der Waals surface area contributed by atoms with Gasteiger partial charge in [0.15, 0.2) is 0 Å². The molecule has 1 aromatic carbocycles. The molecule has 162 valence electrons. The van der Waals surface area contributed by atoms with E-state index < -0.39 is 6.10 Å². The number of hydrogen-bond acceptors (Lipinski definition) is 4. The van der Waals surface area contributed by atoms with Crippen LogP contribution in [0.5, 0.6) is 0 Å². The maximum atomic E-state index is 13.1. The van der Waals surface area contributed by atoms with Crippen molar-refractivity contribution in [3.05, 3.63) is 35.6 Å². The van der Waals surface area contributed by atoms with Crippen molar-refractivity contribution in [3.63, 3.8) is 0 Å². The number of amides is 2. The zero-order valence-corrected chi connectivity index (χ0v) is 17.2. The Hall–Kier alpha value is -1.99. The molecule has 3 atom stereocenters. The van der Waals surface area contributed by atoms with E-state index in [4.69, 9.17) is 10.5 Å². The highest BCUT2D eigenvalue weighted by Crippen LogP contribution is 2.59. The lowest BCUT2D eigenvalue weighted by Crippen LogP contribution is -2.63. The van der Waals surface area contributed by atoms with Crippen molar-refractivity contribution < 1.29 is 18.7 Å². The maximum Gasteiger partial charge on any atom is 0.250 e. The number of carbonyl (C=O) groups excluding carboxylic acids is 2. The Labute approximate surface area is 176 Å². The summed E-state index contributed by atoms with van der Waals surface area (Å²) in [6.45, 7) is 2.45. The second kappa shape index (κ2) is 7.61. The molecule has 30 heavy (non-hydrogen) atoms. The molecule has 2 amide bonds. The Morgan fingerprint density at radius 1 is 1.17 bits per heavy atom. The van der Waals surface area contributed by atoms with E-state index >= 15 is 0 Å². The number of nitrogens with two attached hydrogens (primary N) is 1. The summed E-state index contributed by atoms with van der Waals surface area (Å²) in [6, 6.07) is 6.61. The first kappa shape index (κ1) is 19.9. The predicted octanol–water partition coefficient (Wildman–Crippen LogP) is 1.82. The fraction of sp³-hybridized carbons (Fsp3) is 0.652. The van der Waals surface area contributed by atoms with Crippen LogP contribution in [-0.4, -0.2) is 48.6 Å². The minimum Gasteiger partial charge on any atom is -0.369 e. The lowest BCUT2D eigenvalue weighted by atomic mass is 9.47. The van der Waals surface area contributed by atoms with Gasteiger partial charge in [-0.15, -0.1) is 0 Å². The van der Waals surface area contributed by atoms with Crippen LogP contribution in [0.1, 0.15) is 37.7 Å². The summed E-state index contributed by atoms with van der Waals surface area (Å²) < 4.78 is 18.9. The van der Waals surface area contributed by atoms with Gasteiger partial charge >= 0.3 is 0 Å². The maximum absolute atomic E-state index is 13.1. The zero-order valence-electron chi connectivity index (χ0n) is 17.2. The minimum absolute atomic E-state index is 0.0515. The van der Waals surface area contributed by atoms with E-state index in [0.717, 1.165) is 44.2 Å². The third-order valence-electron chi connectivity index (χ3n) is 7.87. The van der Waals surface area contributed by atoms with Crippen LogP contribution in [0.25, 0.3) is 0 Å². The van der Waals surface area contributed by atoms with Crippen molar-refractivity contribution in [1.29, 1.82) is 0 Å². The second-order valence-corrected chi connectivity index (χ2v) is 9.87. The molecule has 3 unspecified atom stereocenters. The molecule has 3 N–H and O–H groups in total. The first-order valence-corrected chi connectivity index (χ1v) is 11.1. The Balaban J connectivity index is 1.20. The molecule has 4 bridgehead atoms. The summed E-state index contributed by atoms with van der Waals surface area (Å²) in [4.78, 5) is 27.3. The van der Waals surface area contributed by atoms with E-state index in [9.17, 15) is 14.0 Å². The molecule has 0 aromatic heterocycles. The van der Waals surface area contributed by atoms with Crippen molar-refractivity contribution in [1.82, 2.24) is 10.2 Å². The van der Waals surface area contributed by atoms with E-state index in [1.807, 2.05) is 0 Å². The number of halogens is 1. The molecule has 1 aromatic rings. The van der Waals surface area contributed by atoms with Gasteiger partial charge in [-0.3, -0.25) is 14.5 Å². The number of rotatable bonds is 5. The average Bonchev–Trinajstić information content (AvgIpc) is 2.72. The summed E-state index contributed by atoms with van der Waals surface area (Å²) in [5.41, 5.74) is 6.45. The molecule has 1 aliphatic heterocycles. The van der Waals surface area contributed by atoms with E-state index in [1.54, 1.807) is 12.1 Å². The van der Waals surface area contributed by atoms with Gasteiger partial charge in [0.05, 0.1) is 6.61 Å². The molecular formula is C23H30FN3O3. The van der Waals surface area contributed by atoms with Crippen LogP contribution in [0.4, 0.5) is 4.39 Å². The fourth-order valence-corrected chi connectivity index (χ4v) is 6.67. The van der Waals surface area contributed by atoms with Crippen LogP contribution in [0.3, 0.4) is 0 Å². The summed E-state index contributed by atoms with van der Waals surface area (Å²) in [5.74, 6) is 0.799. The van der Waals surface area contributed by atoms with Crippen LogP contribution in [0.15, 0.2) is 24.3 Å². The topological polar surface area (TPSA) is 84.7 Å². The standard InChI is InChI=1S/C23H30FN3O3/c24-18-3-1-14(2-4-18)12-27-5-6-30-19(13-27)21(28)26-20-16-7-15-8-17(20)11-23(9-15,10-16)22(25)29/h1-4,15-17,19-20H,5-13H2,(H2,25,29)(H,26,28). The van der Waals surface area contributed by atoms with E-state index in [-0.39, 0.29) is 29.1 Å². The molecular weight excluding hydrogens is 385 g/mol. The van der Waals surface area contributed by atoms with Crippen molar-refractivity contribution in [2.24, 2.45) is 28.9 Å². The third-order valence-corrected chi connectivity index (χ3v) is 7.87. The van der Waals surface area contributed by atoms with Gasteiger partial charge in [-0.25, -0.2) is 4.39 Å². The highest BCUT2D eigenvalue weighted by molar-refractivity contribution is 5.83. The predicted molar refractivity (Wildman–Crippen MR) is 109 cm³/mol. The second-order valence-electron chi connectivity index (χ2n) is 9.87. The number of hydrogen-bond donors (Lipinski definition) is 2. The van der Waals surface area contributed by atoms with Crippen LogP contribution < -0.4 is 11.1 Å². The normalized spacial score (nSPS) is 37.8. The summed E-state index contributed by atoms with van der Waals surface area (Å²) >= 11 is 0. The van der Waals surface area contributed by atoms with Gasteiger partial charge in [-0.2, -0.15) is 0 Å². The van der Waals surface area contributed by atoms with Crippen LogP contribution in [-0.2, 0) is 20.9 Å². The number of benzene rings is 1. The van der Waals surface area contributed by atoms with Crippen LogP contribution in [0.2, 0.25) is 0 Å². The molecule has 5 aliphatic rings. The summed E-state index contributed by atoms with van der Waals surface area (Å²) in [6.07, 6.45) is 4.21. The van der Waals surface area contributed by atoms with Gasteiger partial charge in [0.1, 0.15) is 11.9 Å². The number of nitrogens with zero attached hydrogens (tertiary/aromatic N) is 1. The zero-order chi connectivity index (χ0) is 20.9. The molecule has 1 heterocycles. The van der Waals surface area contributed by atoms with E-state index in [0.29, 0.717) is 37.5 Å². The van der Waals surface area contributed by atoms with Gasteiger partial charge in [0.25, 0.3) is 5.91 Å². The number of carbonyl (C=O) groups is 2. The number of morpholine rings is 1. The molecule has 5 fully saturated rings. The minimum atomic E-state index is -0.499. The fourth-order valence-electron chi connectivity index (χ4n) is 6.67. The first-order valence-electron chi connectivity index (χ1n) is 11.1. The van der Waals surface area contributed by atoms with Gasteiger partial charge in [-0.05, 0) is 67.6 Å². The lowest BCUT2D eigenvalue weighted by molar-refractivity contribution is -0.151. The molecule has 7 heteroatoms. The van der Waals surface area contributed by atoms with Crippen molar-refractivity contribution in [3.8, 4) is 0 Å². The molecule has 1 saturated heterocycles. The number of nitrogens with one attached hydrogen (secondary N) is 1. The number of ether oxygens (including phenoxy) is 1. The molecule has 4 aliphatic carbocycles. The Morgan fingerprint density at radius 2 is 1.87 bits per heavy atom. The average molecular weight is 416 g/mol. The first-order chi connectivity index (χ1) is 14.4. The highest BCUT2D eigenvalue weighted by Gasteiger charge is 2.58. The smallest absolute Gasteiger partial charge is 0.250 e. The van der Waals surface area contributed by atoms with Crippen molar-refractivity contribution >= 4 is 11.8 Å². The Kier molecular flexibility index (Phi) is 5.06. The SMILES string of the molecule is NC(=O)C12CC3CC(C1)C(NC(=O)C1CN(Cc4ccc(F)cc4)CCO1)C(C3)C2. The van der Waals surface area contributed by atoms with Crippen LogP contribution >= 0.6 is 0 Å². The largest absolute Gasteiger partial charge is 0.369 e. The van der Waals surface area contributed by atoms with Gasteiger partial charge in [0, 0.05) is 31.1 Å². The van der Waals surface area contributed by atoms with Crippen LogP contribution in [0, 0.1) is 29.0 Å². The van der Waals surface area contributed by atoms with E-state index in [2.05, 4.69) is 10.2 Å². The molecule has 6 nitrogen and oxygen atoms in total. The van der Waals surface area contributed by atoms with Crippen molar-refractivity contribution in [2.45, 2.75) is 50.8 Å². The molecule has 6 rings (SSSR count). The molecule has 0 radical (unpaired) electrons. The van der Waals surface area contributed by atoms with Gasteiger partial charge in [-0.1, -0.05) is 12.1 Å². The van der Waals surface area contributed by atoms with Gasteiger partial charge in [0.2, 0.25) is 5.91 Å². The summed E-state index contributed by atoms with van der Waals surface area (Å²) in [5, 5.41) is 3.29. The monoisotopic (exact) mass is 415 g/mol. The van der Waals surface area contributed by atoms with Gasteiger partial charge < -0.3 is 15.8 Å². The quantitative estimate of drug-likeness (QED) is 0.768.